The molecule has 1 aromatic carbocycles. The molecule has 22 heavy (non-hydrogen) atoms. The maximum Gasteiger partial charge on any atom is 0.308 e. The summed E-state index contributed by atoms with van der Waals surface area (Å²) in [5.41, 5.74) is 2.38. The third kappa shape index (κ3) is 3.18. The summed E-state index contributed by atoms with van der Waals surface area (Å²) < 4.78 is 11.3. The molecule has 0 fully saturated rings. The average molecular weight is 302 g/mol. The van der Waals surface area contributed by atoms with Crippen molar-refractivity contribution < 1.29 is 14.3 Å². The Hall–Kier alpha value is -1.77. The van der Waals surface area contributed by atoms with Crippen molar-refractivity contribution in [2.75, 3.05) is 6.61 Å². The Bertz CT molecular complexity index is 609. The summed E-state index contributed by atoms with van der Waals surface area (Å²) >= 11 is 0. The van der Waals surface area contributed by atoms with E-state index in [0.717, 1.165) is 17.7 Å². The van der Waals surface area contributed by atoms with Crippen LogP contribution >= 0.6 is 0 Å². The zero-order valence-electron chi connectivity index (χ0n) is 14.4. The maximum absolute atomic E-state index is 11.2. The maximum atomic E-state index is 11.2. The monoisotopic (exact) mass is 302 g/mol. The van der Waals surface area contributed by atoms with Gasteiger partial charge in [0.1, 0.15) is 11.5 Å². The van der Waals surface area contributed by atoms with Gasteiger partial charge in [0.05, 0.1) is 6.61 Å². The lowest BCUT2D eigenvalue weighted by molar-refractivity contribution is -0.131. The highest BCUT2D eigenvalue weighted by Gasteiger charge is 2.42. The minimum atomic E-state index is -0.312. The second kappa shape index (κ2) is 5.79. The van der Waals surface area contributed by atoms with Gasteiger partial charge in [0.2, 0.25) is 0 Å². The Balaban J connectivity index is 2.53. The highest BCUT2D eigenvalue weighted by molar-refractivity contribution is 5.72. The lowest BCUT2D eigenvalue weighted by Crippen LogP contribution is -2.26. The van der Waals surface area contributed by atoms with Gasteiger partial charge in [0.25, 0.3) is 0 Å². The van der Waals surface area contributed by atoms with E-state index in [-0.39, 0.29) is 16.8 Å². The third-order valence-corrected chi connectivity index (χ3v) is 4.40. The normalized spacial score (nSPS) is 17.4. The predicted octanol–water partition coefficient (Wildman–Crippen LogP) is 4.82. The van der Waals surface area contributed by atoms with Crippen LogP contribution in [0.1, 0.15) is 53.5 Å². The lowest BCUT2D eigenvalue weighted by atomic mass is 9.69. The van der Waals surface area contributed by atoms with Crippen molar-refractivity contribution in [3.05, 3.63) is 35.4 Å². The van der Waals surface area contributed by atoms with Gasteiger partial charge in [-0.15, -0.1) is 0 Å². The summed E-state index contributed by atoms with van der Waals surface area (Å²) in [4.78, 5) is 11.2. The van der Waals surface area contributed by atoms with Crippen molar-refractivity contribution in [3.63, 3.8) is 0 Å². The molecular weight excluding hydrogens is 276 g/mol. The molecule has 3 heteroatoms. The average Bonchev–Trinajstić information content (AvgIpc) is 2.74. The fourth-order valence-corrected chi connectivity index (χ4v) is 3.20. The molecule has 1 heterocycles. The number of rotatable bonds is 4. The van der Waals surface area contributed by atoms with Gasteiger partial charge >= 0.3 is 5.97 Å². The number of carbonyl (C=O) groups is 1. The summed E-state index contributed by atoms with van der Waals surface area (Å²) in [6, 6.07) is 7.57. The largest absolute Gasteiger partial charge is 0.492 e. The third-order valence-electron chi connectivity index (χ3n) is 4.40. The summed E-state index contributed by atoms with van der Waals surface area (Å²) in [6.45, 7) is 13.3. The Morgan fingerprint density at radius 2 is 2.05 bits per heavy atom. The van der Waals surface area contributed by atoms with Crippen molar-refractivity contribution >= 4 is 11.7 Å². The first kappa shape index (κ1) is 16.6. The fourth-order valence-electron chi connectivity index (χ4n) is 3.20. The van der Waals surface area contributed by atoms with Gasteiger partial charge in [0, 0.05) is 17.9 Å². The molecule has 0 spiro atoms. The molecule has 0 aliphatic carbocycles. The van der Waals surface area contributed by atoms with Crippen LogP contribution < -0.4 is 4.74 Å². The minimum Gasteiger partial charge on any atom is -0.492 e. The van der Waals surface area contributed by atoms with Crippen LogP contribution in [-0.4, -0.2) is 12.6 Å². The fraction of sp³-hybridized carbons (Fsp3) is 0.526. The molecule has 0 unspecified atom stereocenters. The van der Waals surface area contributed by atoms with Gasteiger partial charge in [-0.2, -0.15) is 0 Å². The van der Waals surface area contributed by atoms with Crippen molar-refractivity contribution in [1.29, 1.82) is 0 Å². The van der Waals surface area contributed by atoms with Crippen LogP contribution in [0.2, 0.25) is 0 Å². The van der Waals surface area contributed by atoms with Crippen LogP contribution in [0, 0.1) is 10.8 Å². The molecule has 2 rings (SSSR count). The quantitative estimate of drug-likeness (QED) is 0.591. The topological polar surface area (TPSA) is 35.5 Å². The predicted molar refractivity (Wildman–Crippen MR) is 88.5 cm³/mol. The molecule has 0 amide bonds. The van der Waals surface area contributed by atoms with Gasteiger partial charge in [-0.05, 0) is 29.5 Å². The van der Waals surface area contributed by atoms with E-state index in [0.29, 0.717) is 12.4 Å². The van der Waals surface area contributed by atoms with Crippen LogP contribution in [0.25, 0.3) is 5.76 Å². The molecule has 0 atom stereocenters. The highest BCUT2D eigenvalue weighted by atomic mass is 16.5. The van der Waals surface area contributed by atoms with Crippen molar-refractivity contribution in [2.24, 2.45) is 10.8 Å². The zero-order chi connectivity index (χ0) is 16.5. The van der Waals surface area contributed by atoms with Crippen LogP contribution in [-0.2, 0) is 9.53 Å². The summed E-state index contributed by atoms with van der Waals surface area (Å²) in [7, 11) is 0. The summed E-state index contributed by atoms with van der Waals surface area (Å²) in [5, 5.41) is 0. The number of carbonyl (C=O) groups excluding carboxylic acids is 1. The van der Waals surface area contributed by atoms with Crippen molar-refractivity contribution in [3.8, 4) is 5.75 Å². The molecule has 1 aliphatic heterocycles. The van der Waals surface area contributed by atoms with E-state index in [1.807, 2.05) is 18.2 Å². The van der Waals surface area contributed by atoms with Gasteiger partial charge in [0.15, 0.2) is 0 Å². The molecule has 1 aliphatic rings. The van der Waals surface area contributed by atoms with Gasteiger partial charge in [-0.3, -0.25) is 4.79 Å². The molecule has 120 valence electrons. The van der Waals surface area contributed by atoms with Gasteiger partial charge in [-0.25, -0.2) is 0 Å². The highest BCUT2D eigenvalue weighted by Crippen LogP contribution is 2.51. The number of benzene rings is 1. The number of hydrogen-bond donors (Lipinski definition) is 0. The van der Waals surface area contributed by atoms with E-state index in [1.54, 1.807) is 6.07 Å². The number of ether oxygens (including phenoxy) is 2. The molecule has 0 N–H and O–H groups in total. The molecule has 0 radical (unpaired) electrons. The Labute approximate surface area is 133 Å². The Kier molecular flexibility index (Phi) is 4.37. The minimum absolute atomic E-state index is 0.00623. The smallest absolute Gasteiger partial charge is 0.308 e. The van der Waals surface area contributed by atoms with Crippen LogP contribution in [0.5, 0.6) is 5.75 Å². The van der Waals surface area contributed by atoms with E-state index in [2.05, 4.69) is 34.6 Å². The van der Waals surface area contributed by atoms with Crippen LogP contribution in [0.15, 0.2) is 29.8 Å². The van der Waals surface area contributed by atoms with E-state index < -0.39 is 0 Å². The van der Waals surface area contributed by atoms with Crippen molar-refractivity contribution in [1.82, 2.24) is 0 Å². The van der Waals surface area contributed by atoms with Crippen molar-refractivity contribution in [2.45, 2.75) is 48.0 Å². The SMILES string of the molecule is CCC(C)(C)C1=C(c2cccc(OC(C)=O)c2)OCC1(C)C. The molecule has 1 aromatic rings. The molecule has 3 nitrogen and oxygen atoms in total. The first-order valence-electron chi connectivity index (χ1n) is 7.84. The Morgan fingerprint density at radius 1 is 1.36 bits per heavy atom. The van der Waals surface area contributed by atoms with Gasteiger partial charge < -0.3 is 9.47 Å². The molecular formula is C19H26O3. The Morgan fingerprint density at radius 3 is 2.64 bits per heavy atom. The summed E-state index contributed by atoms with van der Waals surface area (Å²) in [5.74, 6) is 1.18. The molecule has 0 aromatic heterocycles. The number of esters is 1. The molecule has 0 saturated heterocycles. The van der Waals surface area contributed by atoms with E-state index in [9.17, 15) is 4.79 Å². The zero-order valence-corrected chi connectivity index (χ0v) is 14.4. The lowest BCUT2D eigenvalue weighted by Gasteiger charge is -2.33. The second-order valence-electron chi connectivity index (χ2n) is 7.24. The molecule has 0 bridgehead atoms. The first-order valence-corrected chi connectivity index (χ1v) is 7.84. The first-order chi connectivity index (χ1) is 10.2. The standard InChI is InChI=1S/C19H26O3/c1-7-18(3,4)17-16(21-12-19(17,5)6)14-9-8-10-15(11-14)22-13(2)20/h8-11H,7,12H2,1-6H3. The van der Waals surface area contributed by atoms with E-state index in [4.69, 9.17) is 9.47 Å². The van der Waals surface area contributed by atoms with Crippen LogP contribution in [0.4, 0.5) is 0 Å². The molecule has 0 saturated carbocycles. The second-order valence-corrected chi connectivity index (χ2v) is 7.24. The van der Waals surface area contributed by atoms with Crippen LogP contribution in [0.3, 0.4) is 0 Å². The van der Waals surface area contributed by atoms with E-state index >= 15 is 0 Å². The number of hydrogen-bond acceptors (Lipinski definition) is 3. The van der Waals surface area contributed by atoms with E-state index in [1.165, 1.54) is 12.5 Å². The van der Waals surface area contributed by atoms with Gasteiger partial charge in [-0.1, -0.05) is 46.8 Å². The summed E-state index contributed by atoms with van der Waals surface area (Å²) in [6.07, 6.45) is 1.04.